The van der Waals surface area contributed by atoms with Gasteiger partial charge in [-0.1, -0.05) is 19.1 Å². The molecule has 4 nitrogen and oxygen atoms in total. The maximum atomic E-state index is 11.8. The van der Waals surface area contributed by atoms with Crippen LogP contribution in [-0.4, -0.2) is 22.4 Å². The van der Waals surface area contributed by atoms with E-state index >= 15 is 0 Å². The molecule has 96 valence electrons. The van der Waals surface area contributed by atoms with Gasteiger partial charge in [-0.3, -0.25) is 9.78 Å². The van der Waals surface area contributed by atoms with Crippen LogP contribution in [0.15, 0.2) is 18.3 Å². The van der Waals surface area contributed by atoms with Crippen molar-refractivity contribution < 1.29 is 4.79 Å². The Morgan fingerprint density at radius 1 is 1.61 bits per heavy atom. The summed E-state index contributed by atoms with van der Waals surface area (Å²) in [6, 6.07) is 3.36. The summed E-state index contributed by atoms with van der Waals surface area (Å²) in [5, 5.41) is 2.90. The lowest BCUT2D eigenvalue weighted by Gasteiger charge is -2.11. The molecular weight excluding hydrogens is 246 g/mol. The second-order valence-electron chi connectivity index (χ2n) is 4.82. The van der Waals surface area contributed by atoms with Gasteiger partial charge in [-0.05, 0) is 36.8 Å². The summed E-state index contributed by atoms with van der Waals surface area (Å²) in [5.41, 5.74) is 6.54. The molecule has 0 saturated heterocycles. The van der Waals surface area contributed by atoms with Gasteiger partial charge in [0.05, 0.1) is 0 Å². The number of nitrogens with two attached hydrogens (primary N) is 1. The second-order valence-corrected chi connectivity index (χ2v) is 5.26. The molecule has 1 aromatic heterocycles. The Morgan fingerprint density at radius 2 is 2.33 bits per heavy atom. The Kier molecular flexibility index (Phi) is 3.91. The number of hydrogen-bond acceptors (Lipinski definition) is 3. The quantitative estimate of drug-likeness (QED) is 0.790. The van der Waals surface area contributed by atoms with Crippen molar-refractivity contribution in [2.75, 3.05) is 6.54 Å². The average Bonchev–Trinajstić information content (AvgIpc) is 3.20. The van der Waals surface area contributed by atoms with E-state index in [0.717, 1.165) is 5.92 Å². The lowest BCUT2D eigenvalue weighted by atomic mass is 10.1. The third-order valence-electron chi connectivity index (χ3n) is 3.29. The van der Waals surface area contributed by atoms with E-state index in [1.165, 1.54) is 19.0 Å². The van der Waals surface area contributed by atoms with Crippen molar-refractivity contribution in [1.82, 2.24) is 10.3 Å². The number of rotatable bonds is 5. The summed E-state index contributed by atoms with van der Waals surface area (Å²) in [7, 11) is 0. The van der Waals surface area contributed by atoms with Crippen LogP contribution in [0.25, 0.3) is 0 Å². The molecule has 1 amide bonds. The fraction of sp³-hybridized carbons (Fsp3) is 0.462. The van der Waals surface area contributed by atoms with Crippen molar-refractivity contribution in [1.29, 1.82) is 0 Å². The molecule has 0 bridgehead atoms. The smallest absolute Gasteiger partial charge is 0.269 e. The number of amides is 1. The van der Waals surface area contributed by atoms with E-state index in [1.807, 2.05) is 0 Å². The molecule has 1 atom stereocenters. The van der Waals surface area contributed by atoms with Gasteiger partial charge in [0.1, 0.15) is 10.7 Å². The highest BCUT2D eigenvalue weighted by atomic mass is 32.1. The van der Waals surface area contributed by atoms with Crippen LogP contribution in [0.5, 0.6) is 0 Å². The van der Waals surface area contributed by atoms with Gasteiger partial charge in [0.25, 0.3) is 5.91 Å². The summed E-state index contributed by atoms with van der Waals surface area (Å²) in [6.07, 6.45) is 4.11. The molecule has 1 aliphatic rings. The maximum Gasteiger partial charge on any atom is 0.269 e. The number of carbonyl (C=O) groups is 1. The topological polar surface area (TPSA) is 68.0 Å². The first-order chi connectivity index (χ1) is 8.58. The maximum absolute atomic E-state index is 11.8. The standard InChI is InChI=1S/C13H17N3OS/c1-8(9-2-3-9)6-16-13(17)11-5-4-10(7-15-11)12(14)18/h4-5,7-9H,2-3,6H2,1H3,(H2,14,18)(H,16,17). The summed E-state index contributed by atoms with van der Waals surface area (Å²) in [4.78, 5) is 16.2. The molecule has 2 rings (SSSR count). The van der Waals surface area contributed by atoms with E-state index in [2.05, 4.69) is 17.2 Å². The molecule has 1 unspecified atom stereocenters. The number of hydrogen-bond donors (Lipinski definition) is 2. The normalized spacial score (nSPS) is 16.1. The van der Waals surface area contributed by atoms with Gasteiger partial charge in [-0.25, -0.2) is 0 Å². The lowest BCUT2D eigenvalue weighted by molar-refractivity contribution is 0.0941. The fourth-order valence-electron chi connectivity index (χ4n) is 1.85. The van der Waals surface area contributed by atoms with E-state index in [4.69, 9.17) is 18.0 Å². The minimum atomic E-state index is -0.142. The molecule has 1 heterocycles. The zero-order chi connectivity index (χ0) is 13.1. The van der Waals surface area contributed by atoms with Crippen LogP contribution >= 0.6 is 12.2 Å². The van der Waals surface area contributed by atoms with Gasteiger partial charge in [0.15, 0.2) is 0 Å². The van der Waals surface area contributed by atoms with E-state index in [1.54, 1.807) is 12.1 Å². The van der Waals surface area contributed by atoms with Crippen molar-refractivity contribution in [3.63, 3.8) is 0 Å². The summed E-state index contributed by atoms with van der Waals surface area (Å²) in [6.45, 7) is 2.88. The van der Waals surface area contributed by atoms with Crippen LogP contribution < -0.4 is 11.1 Å². The number of carbonyl (C=O) groups excluding carboxylic acids is 1. The Balaban J connectivity index is 1.89. The van der Waals surface area contributed by atoms with Crippen LogP contribution in [0, 0.1) is 11.8 Å². The molecule has 18 heavy (non-hydrogen) atoms. The first-order valence-corrected chi connectivity index (χ1v) is 6.53. The SMILES string of the molecule is CC(CNC(=O)c1ccc(C(N)=S)cn1)C1CC1. The van der Waals surface area contributed by atoms with E-state index in [9.17, 15) is 4.79 Å². The molecule has 0 spiro atoms. The predicted octanol–water partition coefficient (Wildman–Crippen LogP) is 1.49. The highest BCUT2D eigenvalue weighted by Crippen LogP contribution is 2.36. The molecule has 5 heteroatoms. The molecule has 0 radical (unpaired) electrons. The third kappa shape index (κ3) is 3.26. The number of nitrogens with one attached hydrogen (secondary N) is 1. The molecule has 1 aliphatic carbocycles. The number of pyridine rings is 1. The van der Waals surface area contributed by atoms with Crippen LogP contribution in [0.2, 0.25) is 0 Å². The predicted molar refractivity (Wildman–Crippen MR) is 74.3 cm³/mol. The van der Waals surface area contributed by atoms with Gasteiger partial charge in [0.2, 0.25) is 0 Å². The van der Waals surface area contributed by atoms with Gasteiger partial charge >= 0.3 is 0 Å². The van der Waals surface area contributed by atoms with Crippen LogP contribution in [0.1, 0.15) is 35.8 Å². The van der Waals surface area contributed by atoms with Gasteiger partial charge in [0, 0.05) is 18.3 Å². The second kappa shape index (κ2) is 5.44. The molecule has 1 aromatic rings. The molecule has 0 aromatic carbocycles. The highest BCUT2D eigenvalue weighted by molar-refractivity contribution is 7.80. The zero-order valence-corrected chi connectivity index (χ0v) is 11.2. The van der Waals surface area contributed by atoms with Crippen LogP contribution in [0.4, 0.5) is 0 Å². The molecule has 0 aliphatic heterocycles. The number of aromatic nitrogens is 1. The Bertz CT molecular complexity index is 454. The fourth-order valence-corrected chi connectivity index (χ4v) is 1.97. The first kappa shape index (κ1) is 13.0. The third-order valence-corrected chi connectivity index (χ3v) is 3.53. The molecule has 1 saturated carbocycles. The van der Waals surface area contributed by atoms with Gasteiger partial charge in [-0.2, -0.15) is 0 Å². The Hall–Kier alpha value is -1.49. The molecule has 3 N–H and O–H groups in total. The van der Waals surface area contributed by atoms with Crippen molar-refractivity contribution in [3.8, 4) is 0 Å². The minimum absolute atomic E-state index is 0.142. The van der Waals surface area contributed by atoms with Crippen molar-refractivity contribution in [2.24, 2.45) is 17.6 Å². The summed E-state index contributed by atoms with van der Waals surface area (Å²) in [5.74, 6) is 1.19. The molecular formula is C13H17N3OS. The number of thiocarbonyl (C=S) groups is 1. The largest absolute Gasteiger partial charge is 0.389 e. The Labute approximate surface area is 112 Å². The zero-order valence-electron chi connectivity index (χ0n) is 10.3. The van der Waals surface area contributed by atoms with Crippen molar-refractivity contribution in [2.45, 2.75) is 19.8 Å². The highest BCUT2D eigenvalue weighted by Gasteiger charge is 2.27. The minimum Gasteiger partial charge on any atom is -0.389 e. The lowest BCUT2D eigenvalue weighted by Crippen LogP contribution is -2.29. The number of nitrogens with zero attached hydrogens (tertiary/aromatic N) is 1. The van der Waals surface area contributed by atoms with Crippen molar-refractivity contribution >= 4 is 23.1 Å². The molecule has 1 fully saturated rings. The van der Waals surface area contributed by atoms with Crippen LogP contribution in [0.3, 0.4) is 0 Å². The monoisotopic (exact) mass is 263 g/mol. The average molecular weight is 263 g/mol. The van der Waals surface area contributed by atoms with E-state index < -0.39 is 0 Å². The van der Waals surface area contributed by atoms with E-state index in [-0.39, 0.29) is 10.9 Å². The van der Waals surface area contributed by atoms with E-state index in [0.29, 0.717) is 23.7 Å². The Morgan fingerprint density at radius 3 is 2.83 bits per heavy atom. The van der Waals surface area contributed by atoms with Crippen molar-refractivity contribution in [3.05, 3.63) is 29.6 Å². The van der Waals surface area contributed by atoms with Gasteiger partial charge < -0.3 is 11.1 Å². The van der Waals surface area contributed by atoms with Gasteiger partial charge in [-0.15, -0.1) is 0 Å². The summed E-state index contributed by atoms with van der Waals surface area (Å²) < 4.78 is 0. The van der Waals surface area contributed by atoms with Crippen LogP contribution in [-0.2, 0) is 0 Å². The summed E-state index contributed by atoms with van der Waals surface area (Å²) >= 11 is 4.83. The first-order valence-electron chi connectivity index (χ1n) is 6.12.